The molecule has 0 N–H and O–H groups in total. The first kappa shape index (κ1) is 26.6. The lowest BCUT2D eigenvalue weighted by atomic mass is 9.66. The van der Waals surface area contributed by atoms with Gasteiger partial charge in [0, 0.05) is 33.2 Å². The average Bonchev–Trinajstić information content (AvgIpc) is 3.79. The number of hydrogen-bond donors (Lipinski definition) is 0. The van der Waals surface area contributed by atoms with Gasteiger partial charge in [-0.3, -0.25) is 0 Å². The molecular formula is C53H36N2. The monoisotopic (exact) mass is 705 g/mol. The largest absolute Gasteiger partial charge is 0.310 e. The lowest BCUT2D eigenvalue weighted by Crippen LogP contribution is -2.29. The zero-order chi connectivity index (χ0) is 40.7. The van der Waals surface area contributed by atoms with E-state index in [1.54, 1.807) is 0 Å². The van der Waals surface area contributed by atoms with Crippen molar-refractivity contribution >= 4 is 49.6 Å². The van der Waals surface area contributed by atoms with Crippen molar-refractivity contribution in [1.82, 2.24) is 4.57 Å². The standard InChI is InChI=1S/C53H36N2/c1-4-20-38(21-5-1)53(48-30-17-33-51-52(48)44-28-13-15-31-50(44)55(51)40-24-8-3-9-25-40)46-29-14-12-27-43(46)45-36-41(34-35-47(45)53)54(39-22-6-2-7-23-39)49-32-16-19-37-18-10-11-26-42(37)49/h1-36H/i1D,4D,5D,20D,21D. The first-order chi connectivity index (χ1) is 29.4. The quantitative estimate of drug-likeness (QED) is 0.167. The van der Waals surface area contributed by atoms with Gasteiger partial charge >= 0.3 is 0 Å². The lowest BCUT2D eigenvalue weighted by molar-refractivity contribution is 0.777. The predicted molar refractivity (Wildman–Crippen MR) is 230 cm³/mol. The van der Waals surface area contributed by atoms with Crippen LogP contribution in [0.25, 0.3) is 49.4 Å². The first-order valence-corrected chi connectivity index (χ1v) is 18.6. The second kappa shape index (κ2) is 12.5. The number of hydrogen-bond acceptors (Lipinski definition) is 1. The van der Waals surface area contributed by atoms with Crippen molar-refractivity contribution in [2.45, 2.75) is 5.41 Å². The Balaban J connectivity index is 1.29. The van der Waals surface area contributed by atoms with Gasteiger partial charge in [0.15, 0.2) is 0 Å². The number of anilines is 3. The molecule has 0 saturated heterocycles. The van der Waals surface area contributed by atoms with Gasteiger partial charge in [0.25, 0.3) is 0 Å². The van der Waals surface area contributed by atoms with Crippen LogP contribution in [-0.2, 0) is 5.41 Å². The fourth-order valence-corrected chi connectivity index (χ4v) is 9.14. The summed E-state index contributed by atoms with van der Waals surface area (Å²) in [6.07, 6.45) is 0. The van der Waals surface area contributed by atoms with Gasteiger partial charge in [-0.15, -0.1) is 0 Å². The predicted octanol–water partition coefficient (Wildman–Crippen LogP) is 13.8. The molecule has 0 radical (unpaired) electrons. The van der Waals surface area contributed by atoms with E-state index in [0.717, 1.165) is 83.1 Å². The van der Waals surface area contributed by atoms with Crippen LogP contribution in [-0.4, -0.2) is 4.57 Å². The van der Waals surface area contributed by atoms with Gasteiger partial charge in [-0.1, -0.05) is 164 Å². The SMILES string of the molecule is [2H]c1c([2H])c([2H])c(C2(c3cccc4c3c3ccccc3n4-c3ccccc3)c3ccccc3-c3cc(N(c4ccccc4)c4cccc5ccccc45)ccc32)c([2H])c1[2H]. The van der Waals surface area contributed by atoms with Crippen LogP contribution in [0, 0.1) is 0 Å². The highest BCUT2D eigenvalue weighted by atomic mass is 15.1. The number of nitrogens with zero attached hydrogens (tertiary/aromatic N) is 2. The van der Waals surface area contributed by atoms with Gasteiger partial charge in [0.2, 0.25) is 0 Å². The molecule has 0 aliphatic heterocycles. The van der Waals surface area contributed by atoms with E-state index in [2.05, 4.69) is 131 Å². The van der Waals surface area contributed by atoms with Crippen LogP contribution in [0.4, 0.5) is 17.1 Å². The van der Waals surface area contributed by atoms with E-state index in [1.165, 1.54) is 0 Å². The molecule has 0 fully saturated rings. The highest BCUT2D eigenvalue weighted by Gasteiger charge is 2.47. The Morgan fingerprint density at radius 1 is 0.455 bits per heavy atom. The average molecular weight is 706 g/mol. The molecule has 0 bridgehead atoms. The normalized spacial score (nSPS) is 15.9. The summed E-state index contributed by atoms with van der Waals surface area (Å²) < 4.78 is 48.5. The van der Waals surface area contributed by atoms with Gasteiger partial charge in [0.1, 0.15) is 0 Å². The Morgan fingerprint density at radius 2 is 1.09 bits per heavy atom. The van der Waals surface area contributed by atoms with Crippen molar-refractivity contribution in [2.24, 2.45) is 0 Å². The number of benzene rings is 9. The van der Waals surface area contributed by atoms with Crippen molar-refractivity contribution in [3.63, 3.8) is 0 Å². The number of para-hydroxylation sites is 3. The van der Waals surface area contributed by atoms with E-state index in [-0.39, 0.29) is 29.7 Å². The molecule has 1 atom stereocenters. The number of rotatable bonds is 6. The summed E-state index contributed by atoms with van der Waals surface area (Å²) in [6.45, 7) is 0. The van der Waals surface area contributed by atoms with Gasteiger partial charge < -0.3 is 9.47 Å². The summed E-state index contributed by atoms with van der Waals surface area (Å²) in [5.74, 6) is 0. The molecule has 1 aliphatic carbocycles. The summed E-state index contributed by atoms with van der Waals surface area (Å²) in [4.78, 5) is 2.28. The molecule has 10 aromatic rings. The van der Waals surface area contributed by atoms with Crippen LogP contribution in [0.3, 0.4) is 0 Å². The zero-order valence-electron chi connectivity index (χ0n) is 34.8. The Morgan fingerprint density at radius 3 is 1.95 bits per heavy atom. The maximum atomic E-state index is 9.69. The maximum Gasteiger partial charge on any atom is 0.0720 e. The van der Waals surface area contributed by atoms with Crippen molar-refractivity contribution in [3.05, 3.63) is 241 Å². The van der Waals surface area contributed by atoms with Gasteiger partial charge in [-0.25, -0.2) is 0 Å². The third-order valence-corrected chi connectivity index (χ3v) is 11.3. The molecule has 11 rings (SSSR count). The summed E-state index contributed by atoms with van der Waals surface area (Å²) in [5.41, 5.74) is 9.26. The summed E-state index contributed by atoms with van der Waals surface area (Å²) in [7, 11) is 0. The van der Waals surface area contributed by atoms with Crippen molar-refractivity contribution in [3.8, 4) is 16.8 Å². The second-order valence-electron chi connectivity index (χ2n) is 14.1. The molecular weight excluding hydrogens is 665 g/mol. The summed E-state index contributed by atoms with van der Waals surface area (Å²) >= 11 is 0. The van der Waals surface area contributed by atoms with Crippen LogP contribution < -0.4 is 4.90 Å². The van der Waals surface area contributed by atoms with Crippen LogP contribution in [0.5, 0.6) is 0 Å². The molecule has 9 aromatic carbocycles. The van der Waals surface area contributed by atoms with E-state index in [4.69, 9.17) is 4.11 Å². The number of aromatic nitrogens is 1. The smallest absolute Gasteiger partial charge is 0.0720 e. The molecule has 55 heavy (non-hydrogen) atoms. The first-order valence-electron chi connectivity index (χ1n) is 21.1. The zero-order valence-corrected chi connectivity index (χ0v) is 29.8. The summed E-state index contributed by atoms with van der Waals surface area (Å²) in [5, 5.41) is 4.20. The second-order valence-corrected chi connectivity index (χ2v) is 14.1. The van der Waals surface area contributed by atoms with Crippen LogP contribution in [0.2, 0.25) is 0 Å². The third-order valence-electron chi connectivity index (χ3n) is 11.3. The minimum Gasteiger partial charge on any atom is -0.310 e. The maximum absolute atomic E-state index is 9.69. The molecule has 2 nitrogen and oxygen atoms in total. The Hall–Kier alpha value is -7.16. The summed E-state index contributed by atoms with van der Waals surface area (Å²) in [6, 6.07) is 63.1. The Labute approximate surface area is 327 Å². The van der Waals surface area contributed by atoms with Gasteiger partial charge in [-0.2, -0.15) is 0 Å². The molecule has 258 valence electrons. The fourth-order valence-electron chi connectivity index (χ4n) is 9.14. The van der Waals surface area contributed by atoms with Crippen molar-refractivity contribution in [2.75, 3.05) is 4.90 Å². The Bertz CT molecular complexity index is 3310. The van der Waals surface area contributed by atoms with Crippen molar-refractivity contribution in [1.29, 1.82) is 0 Å². The minimum absolute atomic E-state index is 0.224. The van der Waals surface area contributed by atoms with E-state index < -0.39 is 11.5 Å². The molecule has 2 heteroatoms. The fraction of sp³-hybridized carbons (Fsp3) is 0.0189. The van der Waals surface area contributed by atoms with E-state index in [0.29, 0.717) is 0 Å². The minimum atomic E-state index is -1.32. The highest BCUT2D eigenvalue weighted by Crippen LogP contribution is 2.59. The van der Waals surface area contributed by atoms with Crippen LogP contribution in [0.15, 0.2) is 218 Å². The molecule has 1 unspecified atom stereocenters. The van der Waals surface area contributed by atoms with E-state index in [9.17, 15) is 2.74 Å². The molecule has 0 amide bonds. The highest BCUT2D eigenvalue weighted by molar-refractivity contribution is 6.12. The third kappa shape index (κ3) is 4.62. The van der Waals surface area contributed by atoms with E-state index in [1.807, 2.05) is 66.7 Å². The van der Waals surface area contributed by atoms with Crippen molar-refractivity contribution < 1.29 is 6.85 Å². The molecule has 0 spiro atoms. The topological polar surface area (TPSA) is 8.17 Å². The molecule has 1 aliphatic rings. The van der Waals surface area contributed by atoms with E-state index >= 15 is 0 Å². The van der Waals surface area contributed by atoms with Gasteiger partial charge in [0.05, 0.1) is 29.0 Å². The van der Waals surface area contributed by atoms with Crippen LogP contribution in [0.1, 0.15) is 29.1 Å². The molecule has 1 aromatic heterocycles. The van der Waals surface area contributed by atoms with Gasteiger partial charge in [-0.05, 0) is 93.4 Å². The number of fused-ring (bicyclic) bond motifs is 7. The molecule has 1 heterocycles. The molecule has 0 saturated carbocycles. The lowest BCUT2D eigenvalue weighted by Gasteiger charge is -2.35. The van der Waals surface area contributed by atoms with Crippen LogP contribution >= 0.6 is 0 Å². The Kier molecular flexibility index (Phi) is 6.03.